The van der Waals surface area contributed by atoms with Crippen molar-refractivity contribution in [3.05, 3.63) is 54.1 Å². The number of rotatable bonds is 3. The van der Waals surface area contributed by atoms with E-state index in [4.69, 9.17) is 0 Å². The van der Waals surface area contributed by atoms with Gasteiger partial charge < -0.3 is 10.2 Å². The molecule has 2 aromatic carbocycles. The van der Waals surface area contributed by atoms with Crippen molar-refractivity contribution < 1.29 is 13.6 Å². The Morgan fingerprint density at radius 2 is 1.87 bits per heavy atom. The fraction of sp³-hybridized carbons (Fsp3) is 0.235. The molecule has 0 fully saturated rings. The summed E-state index contributed by atoms with van der Waals surface area (Å²) in [5.41, 5.74) is 0.592. The van der Waals surface area contributed by atoms with Gasteiger partial charge in [0.2, 0.25) is 5.91 Å². The van der Waals surface area contributed by atoms with Crippen molar-refractivity contribution in [1.82, 2.24) is 0 Å². The van der Waals surface area contributed by atoms with E-state index in [1.807, 2.05) is 29.2 Å². The predicted octanol–water partition coefficient (Wildman–Crippen LogP) is 3.91. The Morgan fingerprint density at radius 3 is 2.65 bits per heavy atom. The van der Waals surface area contributed by atoms with Crippen LogP contribution in [-0.4, -0.2) is 24.7 Å². The van der Waals surface area contributed by atoms with Crippen LogP contribution in [0.25, 0.3) is 0 Å². The molecule has 120 valence electrons. The molecule has 1 amide bonds. The highest BCUT2D eigenvalue weighted by molar-refractivity contribution is 7.99. The van der Waals surface area contributed by atoms with E-state index in [-0.39, 0.29) is 6.54 Å². The molecule has 1 aliphatic rings. The Kier molecular flexibility index (Phi) is 4.81. The number of amides is 1. The second-order valence-corrected chi connectivity index (χ2v) is 6.37. The number of halogens is 2. The minimum Gasteiger partial charge on any atom is -0.361 e. The lowest BCUT2D eigenvalue weighted by molar-refractivity contribution is -0.115. The minimum absolute atomic E-state index is 0.0609. The zero-order valence-corrected chi connectivity index (χ0v) is 13.2. The first-order chi connectivity index (χ1) is 11.1. The molecule has 0 atom stereocenters. The number of thioether (sulfide) groups is 1. The molecule has 0 bridgehead atoms. The van der Waals surface area contributed by atoms with Crippen LogP contribution in [0.5, 0.6) is 0 Å². The number of nitrogens with one attached hydrogen (secondary N) is 1. The molecule has 2 aromatic rings. The SMILES string of the molecule is O=C(CN1CCCSc2ccccc21)Nc1c(F)cccc1F. The third-order valence-electron chi connectivity index (χ3n) is 3.60. The number of hydrogen-bond acceptors (Lipinski definition) is 3. The van der Waals surface area contributed by atoms with Crippen molar-refractivity contribution in [1.29, 1.82) is 0 Å². The standard InChI is InChI=1S/C17H16F2N2OS/c18-12-5-3-6-13(19)17(12)20-16(22)11-21-9-4-10-23-15-8-2-1-7-14(15)21/h1-3,5-8H,4,9-11H2,(H,20,22). The van der Waals surface area contributed by atoms with E-state index in [0.29, 0.717) is 0 Å². The number of carbonyl (C=O) groups is 1. The first-order valence-corrected chi connectivity index (χ1v) is 8.34. The van der Waals surface area contributed by atoms with Gasteiger partial charge in [-0.05, 0) is 36.4 Å². The van der Waals surface area contributed by atoms with Gasteiger partial charge in [-0.25, -0.2) is 8.78 Å². The van der Waals surface area contributed by atoms with Crippen LogP contribution < -0.4 is 10.2 Å². The number of hydrogen-bond donors (Lipinski definition) is 1. The van der Waals surface area contributed by atoms with Crippen LogP contribution in [0.3, 0.4) is 0 Å². The lowest BCUT2D eigenvalue weighted by Gasteiger charge is -2.24. The summed E-state index contributed by atoms with van der Waals surface area (Å²) in [6, 6.07) is 11.4. The summed E-state index contributed by atoms with van der Waals surface area (Å²) >= 11 is 1.76. The van der Waals surface area contributed by atoms with Crippen LogP contribution in [0.1, 0.15) is 6.42 Å². The van der Waals surface area contributed by atoms with E-state index in [9.17, 15) is 13.6 Å². The maximum atomic E-state index is 13.6. The summed E-state index contributed by atoms with van der Waals surface area (Å²) in [6.07, 6.45) is 0.945. The Bertz CT molecular complexity index is 703. The Balaban J connectivity index is 1.75. The molecule has 0 radical (unpaired) electrons. The highest BCUT2D eigenvalue weighted by atomic mass is 32.2. The zero-order valence-electron chi connectivity index (χ0n) is 12.4. The molecule has 1 N–H and O–H groups in total. The molecule has 6 heteroatoms. The van der Waals surface area contributed by atoms with Crippen molar-refractivity contribution in [2.45, 2.75) is 11.3 Å². The topological polar surface area (TPSA) is 32.3 Å². The summed E-state index contributed by atoms with van der Waals surface area (Å²) in [5.74, 6) is -0.997. The minimum atomic E-state index is -0.773. The van der Waals surface area contributed by atoms with E-state index in [1.165, 1.54) is 6.07 Å². The lowest BCUT2D eigenvalue weighted by Crippen LogP contribution is -2.34. The summed E-state index contributed by atoms with van der Waals surface area (Å²) < 4.78 is 27.2. The normalized spacial score (nSPS) is 14.1. The quantitative estimate of drug-likeness (QED) is 0.924. The highest BCUT2D eigenvalue weighted by Crippen LogP contribution is 2.33. The third kappa shape index (κ3) is 3.64. The highest BCUT2D eigenvalue weighted by Gasteiger charge is 2.19. The smallest absolute Gasteiger partial charge is 0.244 e. The van der Waals surface area contributed by atoms with E-state index in [1.54, 1.807) is 11.8 Å². The summed E-state index contributed by atoms with van der Waals surface area (Å²) in [6.45, 7) is 0.794. The predicted molar refractivity (Wildman–Crippen MR) is 89.0 cm³/mol. The molecule has 0 unspecified atom stereocenters. The van der Waals surface area contributed by atoms with Gasteiger partial charge in [0, 0.05) is 11.4 Å². The second kappa shape index (κ2) is 7.00. The molecular formula is C17H16F2N2OS. The van der Waals surface area contributed by atoms with Gasteiger partial charge in [0.15, 0.2) is 0 Å². The van der Waals surface area contributed by atoms with Gasteiger partial charge in [-0.15, -0.1) is 11.8 Å². The van der Waals surface area contributed by atoms with Crippen molar-refractivity contribution >= 4 is 29.0 Å². The van der Waals surface area contributed by atoms with Gasteiger partial charge in [-0.3, -0.25) is 4.79 Å². The van der Waals surface area contributed by atoms with Gasteiger partial charge in [-0.1, -0.05) is 18.2 Å². The number of benzene rings is 2. The molecule has 1 aliphatic heterocycles. The second-order valence-electron chi connectivity index (χ2n) is 5.24. The van der Waals surface area contributed by atoms with Crippen molar-refractivity contribution in [2.24, 2.45) is 0 Å². The average molecular weight is 334 g/mol. The van der Waals surface area contributed by atoms with Crippen LogP contribution in [0.15, 0.2) is 47.4 Å². The van der Waals surface area contributed by atoms with E-state index < -0.39 is 23.2 Å². The molecule has 3 nitrogen and oxygen atoms in total. The summed E-state index contributed by atoms with van der Waals surface area (Å²) in [7, 11) is 0. The Hall–Kier alpha value is -2.08. The fourth-order valence-corrected chi connectivity index (χ4v) is 3.55. The number of nitrogens with zero attached hydrogens (tertiary/aromatic N) is 1. The van der Waals surface area contributed by atoms with Crippen molar-refractivity contribution in [2.75, 3.05) is 29.1 Å². The molecule has 0 saturated heterocycles. The number of para-hydroxylation sites is 2. The summed E-state index contributed by atoms with van der Waals surface area (Å²) in [5, 5.41) is 2.34. The zero-order chi connectivity index (χ0) is 16.2. The van der Waals surface area contributed by atoms with Gasteiger partial charge >= 0.3 is 0 Å². The first kappa shape index (κ1) is 15.8. The maximum absolute atomic E-state index is 13.6. The molecule has 3 rings (SSSR count). The van der Waals surface area contributed by atoms with Crippen LogP contribution >= 0.6 is 11.8 Å². The van der Waals surface area contributed by atoms with Crippen LogP contribution in [0.4, 0.5) is 20.2 Å². The van der Waals surface area contributed by atoms with Crippen LogP contribution in [0.2, 0.25) is 0 Å². The molecule has 0 spiro atoms. The molecule has 23 heavy (non-hydrogen) atoms. The molecular weight excluding hydrogens is 318 g/mol. The average Bonchev–Trinajstić information content (AvgIpc) is 2.74. The van der Waals surface area contributed by atoms with Gasteiger partial charge in [0.05, 0.1) is 12.2 Å². The fourth-order valence-electron chi connectivity index (χ4n) is 2.53. The van der Waals surface area contributed by atoms with Crippen molar-refractivity contribution in [3.8, 4) is 0 Å². The maximum Gasteiger partial charge on any atom is 0.244 e. The monoisotopic (exact) mass is 334 g/mol. The number of carbonyl (C=O) groups excluding carboxylic acids is 1. The van der Waals surface area contributed by atoms with Gasteiger partial charge in [0.25, 0.3) is 0 Å². The molecule has 0 saturated carbocycles. The number of fused-ring (bicyclic) bond motifs is 1. The Labute approximate surface area is 137 Å². The van der Waals surface area contributed by atoms with Gasteiger partial charge in [-0.2, -0.15) is 0 Å². The summed E-state index contributed by atoms with van der Waals surface area (Å²) in [4.78, 5) is 15.3. The van der Waals surface area contributed by atoms with Crippen LogP contribution in [0, 0.1) is 11.6 Å². The van der Waals surface area contributed by atoms with Crippen molar-refractivity contribution in [3.63, 3.8) is 0 Å². The molecule has 1 heterocycles. The van der Waals surface area contributed by atoms with Crippen LogP contribution in [-0.2, 0) is 4.79 Å². The first-order valence-electron chi connectivity index (χ1n) is 7.36. The lowest BCUT2D eigenvalue weighted by atomic mass is 10.2. The largest absolute Gasteiger partial charge is 0.361 e. The van der Waals surface area contributed by atoms with Gasteiger partial charge in [0.1, 0.15) is 17.3 Å². The van der Waals surface area contributed by atoms with E-state index in [2.05, 4.69) is 5.32 Å². The molecule has 0 aliphatic carbocycles. The van der Waals surface area contributed by atoms with E-state index >= 15 is 0 Å². The van der Waals surface area contributed by atoms with E-state index in [0.717, 1.165) is 41.4 Å². The third-order valence-corrected chi connectivity index (χ3v) is 4.75. The number of anilines is 2. The Morgan fingerprint density at radius 1 is 1.13 bits per heavy atom. The molecule has 0 aromatic heterocycles.